The van der Waals surface area contributed by atoms with Crippen LogP contribution in [0, 0.1) is 5.92 Å². The Balaban J connectivity index is 1.35. The van der Waals surface area contributed by atoms with E-state index in [0.717, 1.165) is 24.8 Å². The van der Waals surface area contributed by atoms with Gasteiger partial charge in [0.2, 0.25) is 10.0 Å². The molecule has 3 amide bonds. The van der Waals surface area contributed by atoms with E-state index < -0.39 is 15.6 Å². The minimum atomic E-state index is -3.56. The van der Waals surface area contributed by atoms with Crippen LogP contribution in [0.4, 0.5) is 4.79 Å². The van der Waals surface area contributed by atoms with E-state index in [1.807, 2.05) is 17.0 Å². The van der Waals surface area contributed by atoms with Crippen LogP contribution >= 0.6 is 0 Å². The highest BCUT2D eigenvalue weighted by molar-refractivity contribution is 7.89. The molecule has 33 heavy (non-hydrogen) atoms. The van der Waals surface area contributed by atoms with Crippen LogP contribution in [0.1, 0.15) is 64.4 Å². The molecule has 1 spiro atoms. The number of sulfonamides is 1. The number of carbonyl (C=O) groups excluding carboxylic acids is 2. The normalized spacial score (nSPS) is 28.3. The first-order valence-electron chi connectivity index (χ1n) is 12.1. The Kier molecular flexibility index (Phi) is 6.85. The van der Waals surface area contributed by atoms with Gasteiger partial charge in [0, 0.05) is 26.2 Å². The Morgan fingerprint density at radius 3 is 2.24 bits per heavy atom. The Morgan fingerprint density at radius 2 is 1.67 bits per heavy atom. The SMILES string of the molecule is CCC(C)c1ccc(S(=O)(=O)N2CCN(CN3C(=O)NC4(CCC(C)CC4)C3=O)CC2)cc1. The molecule has 1 aliphatic carbocycles. The second-order valence-electron chi connectivity index (χ2n) is 9.97. The third-order valence-electron chi connectivity index (χ3n) is 7.75. The predicted molar refractivity (Wildman–Crippen MR) is 126 cm³/mol. The molecule has 3 aliphatic rings. The maximum absolute atomic E-state index is 13.1. The first-order chi connectivity index (χ1) is 15.7. The van der Waals surface area contributed by atoms with Crippen LogP contribution in [-0.4, -0.2) is 72.8 Å². The summed E-state index contributed by atoms with van der Waals surface area (Å²) in [4.78, 5) is 29.3. The van der Waals surface area contributed by atoms with Crippen LogP contribution in [0.2, 0.25) is 0 Å². The fourth-order valence-electron chi connectivity index (χ4n) is 5.06. The average Bonchev–Trinajstić information content (AvgIpc) is 3.05. The van der Waals surface area contributed by atoms with Crippen molar-refractivity contribution in [2.75, 3.05) is 32.8 Å². The van der Waals surface area contributed by atoms with Crippen molar-refractivity contribution in [1.82, 2.24) is 19.4 Å². The van der Waals surface area contributed by atoms with Crippen molar-refractivity contribution in [1.29, 1.82) is 0 Å². The number of hydrogen-bond donors (Lipinski definition) is 1. The lowest BCUT2D eigenvalue weighted by Gasteiger charge is -2.36. The number of imide groups is 1. The highest BCUT2D eigenvalue weighted by atomic mass is 32.2. The number of carbonyl (C=O) groups is 2. The monoisotopic (exact) mass is 476 g/mol. The van der Waals surface area contributed by atoms with Crippen molar-refractivity contribution < 1.29 is 18.0 Å². The Bertz CT molecular complexity index is 978. The molecule has 0 radical (unpaired) electrons. The zero-order chi connectivity index (χ0) is 23.8. The van der Waals surface area contributed by atoms with Crippen LogP contribution in [0.15, 0.2) is 29.2 Å². The number of nitrogens with zero attached hydrogens (tertiary/aromatic N) is 3. The fourth-order valence-corrected chi connectivity index (χ4v) is 6.49. The van der Waals surface area contributed by atoms with Crippen molar-refractivity contribution in [3.05, 3.63) is 29.8 Å². The highest BCUT2D eigenvalue weighted by Gasteiger charge is 2.52. The van der Waals surface area contributed by atoms with Gasteiger partial charge in [0.25, 0.3) is 5.91 Å². The molecule has 8 nitrogen and oxygen atoms in total. The van der Waals surface area contributed by atoms with E-state index >= 15 is 0 Å². The zero-order valence-corrected chi connectivity index (χ0v) is 20.7. The van der Waals surface area contributed by atoms with Crippen LogP contribution in [0.25, 0.3) is 0 Å². The number of piperazine rings is 1. The lowest BCUT2D eigenvalue weighted by molar-refractivity contribution is -0.134. The van der Waals surface area contributed by atoms with Gasteiger partial charge in [0.1, 0.15) is 5.54 Å². The summed E-state index contributed by atoms with van der Waals surface area (Å²) in [6.45, 7) is 8.26. The standard InChI is InChI=1S/C24H36N4O4S/c1-4-19(3)20-5-7-21(8-6-20)33(31,32)27-15-13-26(14-16-27)17-28-22(29)24(25-23(28)30)11-9-18(2)10-12-24/h5-8,18-19H,4,9-17H2,1-3H3,(H,25,30). The fraction of sp³-hybridized carbons (Fsp3) is 0.667. The Morgan fingerprint density at radius 1 is 1.06 bits per heavy atom. The van der Waals surface area contributed by atoms with E-state index in [-0.39, 0.29) is 18.6 Å². The molecule has 0 aromatic heterocycles. The maximum atomic E-state index is 13.1. The Hall–Kier alpha value is -1.97. The molecular formula is C24H36N4O4S. The maximum Gasteiger partial charge on any atom is 0.326 e. The van der Waals surface area contributed by atoms with Gasteiger partial charge in [-0.05, 0) is 61.6 Å². The Labute approximate surface area is 197 Å². The number of rotatable bonds is 6. The van der Waals surface area contributed by atoms with E-state index in [1.165, 1.54) is 9.21 Å². The van der Waals surface area contributed by atoms with E-state index in [1.54, 1.807) is 12.1 Å². The van der Waals surface area contributed by atoms with Crippen molar-refractivity contribution in [3.8, 4) is 0 Å². The quantitative estimate of drug-likeness (QED) is 0.638. The molecule has 2 aliphatic heterocycles. The summed E-state index contributed by atoms with van der Waals surface area (Å²) in [7, 11) is -3.56. The summed E-state index contributed by atoms with van der Waals surface area (Å²) in [5.74, 6) is 0.846. The minimum absolute atomic E-state index is 0.129. The molecule has 182 valence electrons. The smallest absolute Gasteiger partial charge is 0.323 e. The molecule has 1 N–H and O–H groups in total. The topological polar surface area (TPSA) is 90.0 Å². The molecule has 3 fully saturated rings. The van der Waals surface area contributed by atoms with Gasteiger partial charge in [-0.3, -0.25) is 9.69 Å². The lowest BCUT2D eigenvalue weighted by Crippen LogP contribution is -2.53. The number of nitrogens with one attached hydrogen (secondary N) is 1. The molecule has 2 heterocycles. The summed E-state index contributed by atoms with van der Waals surface area (Å²) < 4.78 is 27.7. The molecule has 1 atom stereocenters. The summed E-state index contributed by atoms with van der Waals surface area (Å²) >= 11 is 0. The predicted octanol–water partition coefficient (Wildman–Crippen LogP) is 2.96. The van der Waals surface area contributed by atoms with Crippen LogP contribution in [-0.2, 0) is 14.8 Å². The van der Waals surface area contributed by atoms with E-state index in [4.69, 9.17) is 0 Å². The zero-order valence-electron chi connectivity index (χ0n) is 19.9. The molecule has 4 rings (SSSR count). The third-order valence-corrected chi connectivity index (χ3v) is 9.66. The second kappa shape index (κ2) is 9.35. The van der Waals surface area contributed by atoms with Crippen LogP contribution in [0.3, 0.4) is 0 Å². The molecule has 1 saturated carbocycles. The largest absolute Gasteiger partial charge is 0.326 e. The molecular weight excluding hydrogens is 440 g/mol. The van der Waals surface area contributed by atoms with Crippen LogP contribution in [0.5, 0.6) is 0 Å². The minimum Gasteiger partial charge on any atom is -0.323 e. The van der Waals surface area contributed by atoms with Gasteiger partial charge < -0.3 is 5.32 Å². The highest BCUT2D eigenvalue weighted by Crippen LogP contribution is 2.36. The summed E-state index contributed by atoms with van der Waals surface area (Å²) in [5.41, 5.74) is 0.399. The van der Waals surface area contributed by atoms with Gasteiger partial charge in [-0.25, -0.2) is 18.1 Å². The van der Waals surface area contributed by atoms with Gasteiger partial charge in [0.05, 0.1) is 11.6 Å². The van der Waals surface area contributed by atoms with Gasteiger partial charge in [-0.2, -0.15) is 4.31 Å². The lowest BCUT2D eigenvalue weighted by atomic mass is 9.77. The van der Waals surface area contributed by atoms with E-state index in [2.05, 4.69) is 26.1 Å². The van der Waals surface area contributed by atoms with Gasteiger partial charge in [-0.15, -0.1) is 0 Å². The number of urea groups is 1. The second-order valence-corrected chi connectivity index (χ2v) is 11.9. The molecule has 0 bridgehead atoms. The van der Waals surface area contributed by atoms with E-state index in [9.17, 15) is 18.0 Å². The number of amides is 3. The summed E-state index contributed by atoms with van der Waals surface area (Å²) in [6, 6.07) is 6.86. The molecule has 2 saturated heterocycles. The van der Waals surface area contributed by atoms with Gasteiger partial charge in [-0.1, -0.05) is 32.9 Å². The van der Waals surface area contributed by atoms with Crippen molar-refractivity contribution in [2.24, 2.45) is 5.92 Å². The first-order valence-corrected chi connectivity index (χ1v) is 13.6. The van der Waals surface area contributed by atoms with Crippen molar-refractivity contribution in [2.45, 2.75) is 69.2 Å². The van der Waals surface area contributed by atoms with Gasteiger partial charge >= 0.3 is 6.03 Å². The van der Waals surface area contributed by atoms with E-state index in [0.29, 0.717) is 55.8 Å². The third kappa shape index (κ3) is 4.68. The summed E-state index contributed by atoms with van der Waals surface area (Å²) in [5, 5.41) is 2.95. The summed E-state index contributed by atoms with van der Waals surface area (Å²) in [6.07, 6.45) is 4.27. The number of hydrogen-bond acceptors (Lipinski definition) is 5. The molecule has 9 heteroatoms. The number of benzene rings is 1. The van der Waals surface area contributed by atoms with Crippen molar-refractivity contribution >= 4 is 22.0 Å². The molecule has 1 aromatic rings. The van der Waals surface area contributed by atoms with Gasteiger partial charge in [0.15, 0.2) is 0 Å². The molecule has 1 aromatic carbocycles. The molecule has 1 unspecified atom stereocenters. The first kappa shape index (κ1) is 24.2. The van der Waals surface area contributed by atoms with Crippen molar-refractivity contribution in [3.63, 3.8) is 0 Å². The average molecular weight is 477 g/mol. The van der Waals surface area contributed by atoms with Crippen LogP contribution < -0.4 is 5.32 Å².